The molecule has 0 spiro atoms. The lowest BCUT2D eigenvalue weighted by molar-refractivity contribution is -0.126. The molecule has 2 rings (SSSR count). The van der Waals surface area contributed by atoms with Gasteiger partial charge in [-0.15, -0.1) is 0 Å². The zero-order chi connectivity index (χ0) is 16.9. The molecule has 1 unspecified atom stereocenters. The minimum absolute atomic E-state index is 0.0735. The van der Waals surface area contributed by atoms with Crippen LogP contribution in [0.4, 0.5) is 0 Å². The summed E-state index contributed by atoms with van der Waals surface area (Å²) in [6.07, 6.45) is 0.752. The number of hydrogen-bond acceptors (Lipinski definition) is 2. The lowest BCUT2D eigenvalue weighted by Gasteiger charge is -2.22. The largest absolute Gasteiger partial charge is 0.299 e. The van der Waals surface area contributed by atoms with Gasteiger partial charge in [0, 0.05) is 23.8 Å². The van der Waals surface area contributed by atoms with E-state index in [1.807, 2.05) is 81.4 Å². The molecule has 0 fully saturated rings. The molecule has 2 aromatic rings. The molecule has 2 aromatic carbocycles. The highest BCUT2D eigenvalue weighted by Crippen LogP contribution is 2.29. The molecule has 120 valence electrons. The first-order valence-corrected chi connectivity index (χ1v) is 8.04. The van der Waals surface area contributed by atoms with Crippen molar-refractivity contribution in [1.29, 1.82) is 0 Å². The van der Waals surface area contributed by atoms with Crippen LogP contribution in [0.15, 0.2) is 60.7 Å². The Morgan fingerprint density at radius 2 is 1.35 bits per heavy atom. The summed E-state index contributed by atoms with van der Waals surface area (Å²) < 4.78 is 0. The average molecular weight is 308 g/mol. The van der Waals surface area contributed by atoms with Crippen molar-refractivity contribution in [1.82, 2.24) is 0 Å². The zero-order valence-corrected chi connectivity index (χ0v) is 14.1. The number of carbonyl (C=O) groups is 2. The topological polar surface area (TPSA) is 34.1 Å². The maximum atomic E-state index is 12.5. The second-order valence-corrected chi connectivity index (χ2v) is 6.98. The Kier molecular flexibility index (Phi) is 5.49. The van der Waals surface area contributed by atoms with Gasteiger partial charge in [-0.1, -0.05) is 81.4 Å². The predicted octanol–water partition coefficient (Wildman–Crippen LogP) is 5.05. The first-order chi connectivity index (χ1) is 10.9. The monoisotopic (exact) mass is 308 g/mol. The SMILES string of the molecule is CC(C)(C)C(=O)CC(CC(=O)c1ccccc1)c1ccccc1. The van der Waals surface area contributed by atoms with Gasteiger partial charge < -0.3 is 0 Å². The highest BCUT2D eigenvalue weighted by molar-refractivity contribution is 5.97. The fraction of sp³-hybridized carbons (Fsp3) is 0.333. The molecule has 0 radical (unpaired) electrons. The maximum Gasteiger partial charge on any atom is 0.163 e. The molecular weight excluding hydrogens is 284 g/mol. The van der Waals surface area contributed by atoms with Gasteiger partial charge in [0.1, 0.15) is 5.78 Å². The lowest BCUT2D eigenvalue weighted by atomic mass is 9.80. The smallest absolute Gasteiger partial charge is 0.163 e. The summed E-state index contributed by atoms with van der Waals surface area (Å²) in [5, 5.41) is 0. The van der Waals surface area contributed by atoms with Crippen molar-refractivity contribution in [2.45, 2.75) is 39.5 Å². The fourth-order valence-corrected chi connectivity index (χ4v) is 2.53. The molecule has 0 N–H and O–H groups in total. The van der Waals surface area contributed by atoms with Crippen LogP contribution >= 0.6 is 0 Å². The van der Waals surface area contributed by atoms with E-state index >= 15 is 0 Å². The summed E-state index contributed by atoms with van der Waals surface area (Å²) in [6, 6.07) is 19.1. The molecule has 2 nitrogen and oxygen atoms in total. The highest BCUT2D eigenvalue weighted by atomic mass is 16.1. The Balaban J connectivity index is 2.21. The van der Waals surface area contributed by atoms with Gasteiger partial charge in [0.25, 0.3) is 0 Å². The minimum atomic E-state index is -0.386. The molecular formula is C21H24O2. The van der Waals surface area contributed by atoms with Crippen LogP contribution in [-0.2, 0) is 4.79 Å². The van der Waals surface area contributed by atoms with Crippen LogP contribution in [0.25, 0.3) is 0 Å². The van der Waals surface area contributed by atoms with E-state index in [2.05, 4.69) is 0 Å². The number of ketones is 2. The van der Waals surface area contributed by atoms with E-state index < -0.39 is 0 Å². The summed E-state index contributed by atoms with van der Waals surface area (Å²) in [6.45, 7) is 5.78. The Labute approximate surface area is 138 Å². The van der Waals surface area contributed by atoms with Crippen LogP contribution in [0.3, 0.4) is 0 Å². The van der Waals surface area contributed by atoms with Crippen LogP contribution in [0.2, 0.25) is 0 Å². The lowest BCUT2D eigenvalue weighted by Crippen LogP contribution is -2.23. The van der Waals surface area contributed by atoms with Crippen molar-refractivity contribution in [3.05, 3.63) is 71.8 Å². The molecule has 0 heterocycles. The third kappa shape index (κ3) is 4.88. The van der Waals surface area contributed by atoms with E-state index in [-0.39, 0.29) is 22.9 Å². The van der Waals surface area contributed by atoms with Crippen LogP contribution in [-0.4, -0.2) is 11.6 Å². The molecule has 0 aliphatic carbocycles. The highest BCUT2D eigenvalue weighted by Gasteiger charge is 2.27. The minimum Gasteiger partial charge on any atom is -0.299 e. The molecule has 0 saturated carbocycles. The molecule has 0 amide bonds. The van der Waals surface area contributed by atoms with E-state index in [9.17, 15) is 9.59 Å². The van der Waals surface area contributed by atoms with Gasteiger partial charge in [-0.2, -0.15) is 0 Å². The Bertz CT molecular complexity index is 651. The summed E-state index contributed by atoms with van der Waals surface area (Å²) in [5.74, 6) is 0.198. The Morgan fingerprint density at radius 3 is 1.87 bits per heavy atom. The summed E-state index contributed by atoms with van der Waals surface area (Å²) in [7, 11) is 0. The van der Waals surface area contributed by atoms with Gasteiger partial charge in [0.05, 0.1) is 0 Å². The molecule has 0 aliphatic heterocycles. The van der Waals surface area contributed by atoms with E-state index in [1.165, 1.54) is 0 Å². The van der Waals surface area contributed by atoms with Crippen LogP contribution in [0.1, 0.15) is 55.5 Å². The maximum absolute atomic E-state index is 12.5. The van der Waals surface area contributed by atoms with Crippen LogP contribution in [0, 0.1) is 5.41 Å². The molecule has 0 aliphatic rings. The van der Waals surface area contributed by atoms with E-state index in [1.54, 1.807) is 0 Å². The first kappa shape index (κ1) is 17.1. The average Bonchev–Trinajstić information content (AvgIpc) is 2.55. The number of carbonyl (C=O) groups excluding carboxylic acids is 2. The quantitative estimate of drug-likeness (QED) is 0.700. The fourth-order valence-electron chi connectivity index (χ4n) is 2.53. The molecule has 0 aromatic heterocycles. The third-order valence-electron chi connectivity index (χ3n) is 4.07. The standard InChI is InChI=1S/C21H24O2/c1-21(2,3)20(23)15-18(16-10-6-4-7-11-16)14-19(22)17-12-8-5-9-13-17/h4-13,18H,14-15H2,1-3H3. The first-order valence-electron chi connectivity index (χ1n) is 8.04. The Morgan fingerprint density at radius 1 is 0.826 bits per heavy atom. The molecule has 23 heavy (non-hydrogen) atoms. The normalized spacial score (nSPS) is 12.7. The van der Waals surface area contributed by atoms with Gasteiger partial charge in [-0.25, -0.2) is 0 Å². The Hall–Kier alpha value is -2.22. The zero-order valence-electron chi connectivity index (χ0n) is 14.1. The number of Topliss-reactive ketones (excluding diaryl/α,β-unsaturated/α-hetero) is 2. The molecule has 0 bridgehead atoms. The summed E-state index contributed by atoms with van der Waals surface area (Å²) in [5.41, 5.74) is 1.37. The van der Waals surface area contributed by atoms with Gasteiger partial charge in [0.15, 0.2) is 5.78 Å². The molecule has 0 saturated heterocycles. The van der Waals surface area contributed by atoms with Gasteiger partial charge in [0.2, 0.25) is 0 Å². The van der Waals surface area contributed by atoms with Gasteiger partial charge >= 0.3 is 0 Å². The van der Waals surface area contributed by atoms with Crippen LogP contribution in [0.5, 0.6) is 0 Å². The summed E-state index contributed by atoms with van der Waals surface area (Å²) >= 11 is 0. The van der Waals surface area contributed by atoms with Crippen molar-refractivity contribution >= 4 is 11.6 Å². The van der Waals surface area contributed by atoms with Crippen molar-refractivity contribution in [3.8, 4) is 0 Å². The van der Waals surface area contributed by atoms with E-state index in [4.69, 9.17) is 0 Å². The van der Waals surface area contributed by atoms with E-state index in [0.717, 1.165) is 5.56 Å². The number of hydrogen-bond donors (Lipinski definition) is 0. The third-order valence-corrected chi connectivity index (χ3v) is 4.07. The van der Waals surface area contributed by atoms with Crippen molar-refractivity contribution in [2.24, 2.45) is 5.41 Å². The summed E-state index contributed by atoms with van der Waals surface area (Å²) in [4.78, 5) is 25.0. The van der Waals surface area contributed by atoms with E-state index in [0.29, 0.717) is 18.4 Å². The van der Waals surface area contributed by atoms with Gasteiger partial charge in [-0.3, -0.25) is 9.59 Å². The van der Waals surface area contributed by atoms with Crippen molar-refractivity contribution < 1.29 is 9.59 Å². The van der Waals surface area contributed by atoms with Crippen LogP contribution < -0.4 is 0 Å². The molecule has 2 heteroatoms. The second kappa shape index (κ2) is 7.36. The molecule has 1 atom stereocenters. The number of benzene rings is 2. The predicted molar refractivity (Wildman–Crippen MR) is 93.7 cm³/mol. The number of rotatable bonds is 6. The van der Waals surface area contributed by atoms with Crippen molar-refractivity contribution in [3.63, 3.8) is 0 Å². The van der Waals surface area contributed by atoms with Gasteiger partial charge in [-0.05, 0) is 11.5 Å². The second-order valence-electron chi connectivity index (χ2n) is 6.98. The van der Waals surface area contributed by atoms with Crippen molar-refractivity contribution in [2.75, 3.05) is 0 Å².